The van der Waals surface area contributed by atoms with Crippen molar-refractivity contribution in [2.24, 2.45) is 0 Å². The zero-order chi connectivity index (χ0) is 34.6. The zero-order valence-electron chi connectivity index (χ0n) is 29.1. The fraction of sp³-hybridized carbons (Fsp3) is 0.0588. The highest BCUT2D eigenvalue weighted by molar-refractivity contribution is 7.26. The monoisotopic (exact) mass is 678 g/mol. The summed E-state index contributed by atoms with van der Waals surface area (Å²) in [5, 5.41) is 10.6. The molecule has 0 N–H and O–H groups in total. The lowest BCUT2D eigenvalue weighted by Gasteiger charge is -2.24. The Labute approximate surface area is 307 Å². The van der Waals surface area contributed by atoms with Crippen molar-refractivity contribution < 1.29 is 0 Å². The topological polar surface area (TPSA) is 0 Å². The number of fused-ring (bicyclic) bond motifs is 12. The molecule has 1 aliphatic carbocycles. The van der Waals surface area contributed by atoms with Gasteiger partial charge < -0.3 is 0 Å². The molecule has 0 bridgehead atoms. The second-order valence-corrected chi connectivity index (χ2v) is 15.8. The molecule has 0 radical (unpaired) electrons. The van der Waals surface area contributed by atoms with Gasteiger partial charge in [0.15, 0.2) is 0 Å². The molecular formula is C51H34S. The van der Waals surface area contributed by atoms with Crippen LogP contribution in [0.2, 0.25) is 0 Å². The average molecular weight is 679 g/mol. The molecule has 1 heterocycles. The van der Waals surface area contributed by atoms with Crippen molar-refractivity contribution in [2.45, 2.75) is 19.3 Å². The van der Waals surface area contributed by atoms with Gasteiger partial charge >= 0.3 is 0 Å². The molecule has 10 aromatic rings. The molecule has 0 spiro atoms. The third kappa shape index (κ3) is 4.09. The number of benzene rings is 9. The van der Waals surface area contributed by atoms with E-state index >= 15 is 0 Å². The van der Waals surface area contributed by atoms with Crippen LogP contribution >= 0.6 is 11.3 Å². The lowest BCUT2D eigenvalue weighted by atomic mass is 9.78. The highest BCUT2D eigenvalue weighted by Gasteiger charge is 2.39. The van der Waals surface area contributed by atoms with Crippen LogP contribution in [0.5, 0.6) is 0 Å². The lowest BCUT2D eigenvalue weighted by Crippen LogP contribution is -2.15. The molecule has 1 aromatic heterocycles. The Bertz CT molecular complexity index is 3030. The number of hydrogen-bond acceptors (Lipinski definition) is 1. The van der Waals surface area contributed by atoms with E-state index in [1.54, 1.807) is 0 Å². The summed E-state index contributed by atoms with van der Waals surface area (Å²) in [5.74, 6) is 0. The maximum Gasteiger partial charge on any atom is 0.0443 e. The van der Waals surface area contributed by atoms with Crippen molar-refractivity contribution in [1.29, 1.82) is 0 Å². The van der Waals surface area contributed by atoms with Crippen LogP contribution in [0, 0.1) is 0 Å². The quantitative estimate of drug-likeness (QED) is 0.163. The number of hydrogen-bond donors (Lipinski definition) is 0. The van der Waals surface area contributed by atoms with Crippen LogP contribution in [0.15, 0.2) is 170 Å². The molecule has 0 fully saturated rings. The predicted molar refractivity (Wildman–Crippen MR) is 226 cm³/mol. The summed E-state index contributed by atoms with van der Waals surface area (Å²) < 4.78 is 2.76. The van der Waals surface area contributed by atoms with Crippen LogP contribution in [0.3, 0.4) is 0 Å². The summed E-state index contributed by atoms with van der Waals surface area (Å²) in [5.41, 5.74) is 13.1. The summed E-state index contributed by atoms with van der Waals surface area (Å²) in [6, 6.07) is 63.2. The van der Waals surface area contributed by atoms with Gasteiger partial charge in [-0.15, -0.1) is 11.3 Å². The average Bonchev–Trinajstić information content (AvgIpc) is 3.70. The predicted octanol–water partition coefficient (Wildman–Crippen LogP) is 14.8. The van der Waals surface area contributed by atoms with E-state index < -0.39 is 0 Å². The molecular weight excluding hydrogens is 645 g/mol. The Morgan fingerprint density at radius 2 is 0.904 bits per heavy atom. The summed E-state index contributed by atoms with van der Waals surface area (Å²) in [4.78, 5) is 0. The second kappa shape index (κ2) is 11.0. The van der Waals surface area contributed by atoms with Crippen LogP contribution in [-0.2, 0) is 5.41 Å². The van der Waals surface area contributed by atoms with Gasteiger partial charge in [0.25, 0.3) is 0 Å². The first-order valence-electron chi connectivity index (χ1n) is 18.2. The van der Waals surface area contributed by atoms with Gasteiger partial charge in [0, 0.05) is 31.2 Å². The minimum atomic E-state index is -0.173. The standard InChI is InChI=1S/C51H34S/c1-51(2)43-30-34(27-28-41(43)48-49(51)40-24-11-10-23-39(40)47-42-25-12-13-26-44(42)52-50(47)48)46-37-21-8-6-19-35(37)45(36-20-7-9-22-38(36)46)33-18-14-17-32(29-33)31-15-4-3-5-16-31/h3-30H,1-2H3. The van der Waals surface area contributed by atoms with Crippen LogP contribution in [-0.4, -0.2) is 0 Å². The Morgan fingerprint density at radius 3 is 1.58 bits per heavy atom. The Balaban J connectivity index is 1.18. The van der Waals surface area contributed by atoms with E-state index in [0.717, 1.165) is 0 Å². The van der Waals surface area contributed by atoms with Crippen molar-refractivity contribution in [3.05, 3.63) is 181 Å². The van der Waals surface area contributed by atoms with Gasteiger partial charge in [-0.25, -0.2) is 0 Å². The van der Waals surface area contributed by atoms with E-state index in [2.05, 4.69) is 184 Å². The second-order valence-electron chi connectivity index (χ2n) is 14.8. The molecule has 0 amide bonds. The van der Waals surface area contributed by atoms with Crippen molar-refractivity contribution in [1.82, 2.24) is 0 Å². The molecule has 11 rings (SSSR count). The summed E-state index contributed by atoms with van der Waals surface area (Å²) >= 11 is 1.95. The van der Waals surface area contributed by atoms with Crippen LogP contribution in [0.25, 0.3) is 97.0 Å². The highest BCUT2D eigenvalue weighted by Crippen LogP contribution is 2.58. The zero-order valence-corrected chi connectivity index (χ0v) is 29.9. The van der Waals surface area contributed by atoms with Gasteiger partial charge in [0.1, 0.15) is 0 Å². The van der Waals surface area contributed by atoms with Crippen LogP contribution < -0.4 is 0 Å². The molecule has 52 heavy (non-hydrogen) atoms. The number of thiophene rings is 1. The summed E-state index contributed by atoms with van der Waals surface area (Å²) in [6.07, 6.45) is 0. The first-order valence-corrected chi connectivity index (χ1v) is 19.0. The fourth-order valence-electron chi connectivity index (χ4n) is 9.37. The first kappa shape index (κ1) is 29.7. The largest absolute Gasteiger partial charge is 0.134 e. The number of rotatable bonds is 3. The smallest absolute Gasteiger partial charge is 0.0443 e. The van der Waals surface area contributed by atoms with E-state index in [1.807, 2.05) is 11.3 Å². The molecule has 0 saturated carbocycles. The fourth-order valence-corrected chi connectivity index (χ4v) is 10.6. The third-order valence-corrected chi connectivity index (χ3v) is 12.8. The van der Waals surface area contributed by atoms with Crippen LogP contribution in [0.1, 0.15) is 25.0 Å². The summed E-state index contributed by atoms with van der Waals surface area (Å²) in [6.45, 7) is 4.87. The van der Waals surface area contributed by atoms with Gasteiger partial charge in [0.05, 0.1) is 0 Å². The van der Waals surface area contributed by atoms with E-state index in [9.17, 15) is 0 Å². The maximum absolute atomic E-state index is 2.52. The van der Waals surface area contributed by atoms with Crippen molar-refractivity contribution in [3.8, 4) is 44.5 Å². The molecule has 1 aliphatic rings. The molecule has 0 unspecified atom stereocenters. The Morgan fingerprint density at radius 1 is 0.385 bits per heavy atom. The Hall–Kier alpha value is -6.02. The van der Waals surface area contributed by atoms with Gasteiger partial charge in [-0.3, -0.25) is 0 Å². The van der Waals surface area contributed by atoms with Crippen molar-refractivity contribution >= 4 is 63.8 Å². The van der Waals surface area contributed by atoms with Crippen molar-refractivity contribution in [3.63, 3.8) is 0 Å². The molecule has 0 saturated heterocycles. The molecule has 0 nitrogen and oxygen atoms in total. The molecule has 9 aromatic carbocycles. The van der Waals surface area contributed by atoms with Gasteiger partial charge in [-0.2, -0.15) is 0 Å². The molecule has 0 aliphatic heterocycles. The van der Waals surface area contributed by atoms with Gasteiger partial charge in [-0.05, 0) is 101 Å². The maximum atomic E-state index is 2.52. The van der Waals surface area contributed by atoms with Gasteiger partial charge in [-0.1, -0.05) is 166 Å². The molecule has 244 valence electrons. The van der Waals surface area contributed by atoms with Crippen molar-refractivity contribution in [2.75, 3.05) is 0 Å². The lowest BCUT2D eigenvalue weighted by molar-refractivity contribution is 0.667. The minimum Gasteiger partial charge on any atom is -0.134 e. The SMILES string of the molecule is CC1(C)c2cc(-c3c4ccccc4c(-c4cccc(-c5ccccc5)c4)c4ccccc34)ccc2-c2c1c1ccccc1c1c2sc2ccccc21. The molecule has 1 heteroatoms. The van der Waals surface area contributed by atoms with E-state index in [0.29, 0.717) is 0 Å². The third-order valence-electron chi connectivity index (χ3n) is 11.6. The van der Waals surface area contributed by atoms with E-state index in [1.165, 1.54) is 108 Å². The Kier molecular flexibility index (Phi) is 6.27. The normalized spacial score (nSPS) is 13.3. The van der Waals surface area contributed by atoms with E-state index in [-0.39, 0.29) is 5.41 Å². The molecule has 0 atom stereocenters. The summed E-state index contributed by atoms with van der Waals surface area (Å²) in [7, 11) is 0. The minimum absolute atomic E-state index is 0.173. The van der Waals surface area contributed by atoms with Crippen LogP contribution in [0.4, 0.5) is 0 Å². The van der Waals surface area contributed by atoms with E-state index in [4.69, 9.17) is 0 Å². The first-order chi connectivity index (χ1) is 25.6. The highest BCUT2D eigenvalue weighted by atomic mass is 32.1. The van der Waals surface area contributed by atoms with Gasteiger partial charge in [0.2, 0.25) is 0 Å².